The van der Waals surface area contributed by atoms with E-state index in [0.29, 0.717) is 5.92 Å². The molecule has 2 heterocycles. The topological polar surface area (TPSA) is 61.4 Å². The van der Waals surface area contributed by atoms with E-state index in [4.69, 9.17) is 0 Å². The van der Waals surface area contributed by atoms with Crippen LogP contribution in [-0.4, -0.2) is 53.3 Å². The van der Waals surface area contributed by atoms with Gasteiger partial charge < -0.3 is 15.1 Å². The largest absolute Gasteiger partial charge is 0.352 e. The Morgan fingerprint density at radius 1 is 1.19 bits per heavy atom. The first-order valence-corrected chi connectivity index (χ1v) is 7.77. The fourth-order valence-electron chi connectivity index (χ4n) is 2.58. The Kier molecular flexibility index (Phi) is 3.94. The van der Waals surface area contributed by atoms with Crippen molar-refractivity contribution in [2.75, 3.05) is 31.1 Å². The van der Waals surface area contributed by atoms with E-state index < -0.39 is 0 Å². The van der Waals surface area contributed by atoms with E-state index >= 15 is 0 Å². The van der Waals surface area contributed by atoms with Crippen molar-refractivity contribution in [1.82, 2.24) is 20.4 Å². The standard InChI is InChI=1S/C15H23N5O/c1-11(2)16-15(21)20-9-7-19(8-10-20)14-6-5-13(17-18-14)12-3-4-12/h5-6,11-12H,3-4,7-10H2,1-2H3,(H,16,21). The number of anilines is 1. The summed E-state index contributed by atoms with van der Waals surface area (Å²) in [4.78, 5) is 16.0. The number of piperazine rings is 1. The van der Waals surface area contributed by atoms with E-state index in [1.807, 2.05) is 18.7 Å². The second kappa shape index (κ2) is 5.87. The first-order chi connectivity index (χ1) is 10.1. The lowest BCUT2D eigenvalue weighted by molar-refractivity contribution is 0.191. The van der Waals surface area contributed by atoms with Gasteiger partial charge in [0.15, 0.2) is 5.82 Å². The number of nitrogens with one attached hydrogen (secondary N) is 1. The Bertz CT molecular complexity index is 489. The maximum absolute atomic E-state index is 11.9. The summed E-state index contributed by atoms with van der Waals surface area (Å²) in [5.41, 5.74) is 1.12. The number of hydrogen-bond donors (Lipinski definition) is 1. The highest BCUT2D eigenvalue weighted by Crippen LogP contribution is 2.38. The van der Waals surface area contributed by atoms with Gasteiger partial charge in [-0.05, 0) is 38.8 Å². The Morgan fingerprint density at radius 3 is 2.43 bits per heavy atom. The maximum Gasteiger partial charge on any atom is 0.317 e. The van der Waals surface area contributed by atoms with Gasteiger partial charge in [-0.2, -0.15) is 5.10 Å². The van der Waals surface area contributed by atoms with E-state index in [-0.39, 0.29) is 12.1 Å². The molecule has 1 saturated carbocycles. The van der Waals surface area contributed by atoms with Gasteiger partial charge in [0.25, 0.3) is 0 Å². The highest BCUT2D eigenvalue weighted by molar-refractivity contribution is 5.74. The molecule has 1 N–H and O–H groups in total. The molecule has 6 nitrogen and oxygen atoms in total. The molecular formula is C15H23N5O. The van der Waals surface area contributed by atoms with Crippen molar-refractivity contribution in [3.63, 3.8) is 0 Å². The molecule has 114 valence electrons. The van der Waals surface area contributed by atoms with Crippen molar-refractivity contribution in [3.8, 4) is 0 Å². The zero-order valence-electron chi connectivity index (χ0n) is 12.7. The lowest BCUT2D eigenvalue weighted by Gasteiger charge is -2.35. The fourth-order valence-corrected chi connectivity index (χ4v) is 2.58. The Balaban J connectivity index is 1.54. The minimum Gasteiger partial charge on any atom is -0.352 e. The summed E-state index contributed by atoms with van der Waals surface area (Å²) in [7, 11) is 0. The number of carbonyl (C=O) groups is 1. The van der Waals surface area contributed by atoms with Crippen molar-refractivity contribution in [2.24, 2.45) is 0 Å². The van der Waals surface area contributed by atoms with Crippen LogP contribution in [-0.2, 0) is 0 Å². The average Bonchev–Trinajstić information content (AvgIpc) is 3.32. The summed E-state index contributed by atoms with van der Waals surface area (Å²) < 4.78 is 0. The zero-order valence-corrected chi connectivity index (χ0v) is 12.7. The summed E-state index contributed by atoms with van der Waals surface area (Å²) in [6.45, 7) is 7.03. The first-order valence-electron chi connectivity index (χ1n) is 7.77. The van der Waals surface area contributed by atoms with Crippen molar-refractivity contribution in [3.05, 3.63) is 17.8 Å². The summed E-state index contributed by atoms with van der Waals surface area (Å²) in [5.74, 6) is 1.56. The minimum atomic E-state index is 0.0276. The van der Waals surface area contributed by atoms with Crippen molar-refractivity contribution in [1.29, 1.82) is 0 Å². The third-order valence-corrected chi connectivity index (χ3v) is 3.97. The van der Waals surface area contributed by atoms with Gasteiger partial charge in [-0.25, -0.2) is 4.79 Å². The monoisotopic (exact) mass is 289 g/mol. The SMILES string of the molecule is CC(C)NC(=O)N1CCN(c2ccc(C3CC3)nn2)CC1. The van der Waals surface area contributed by atoms with Gasteiger partial charge >= 0.3 is 6.03 Å². The lowest BCUT2D eigenvalue weighted by atomic mass is 10.2. The zero-order chi connectivity index (χ0) is 14.8. The molecule has 6 heteroatoms. The molecule has 3 rings (SSSR count). The summed E-state index contributed by atoms with van der Waals surface area (Å²) in [6.07, 6.45) is 2.50. The molecule has 0 radical (unpaired) electrons. The number of nitrogens with zero attached hydrogens (tertiary/aromatic N) is 4. The highest BCUT2D eigenvalue weighted by Gasteiger charge is 2.26. The highest BCUT2D eigenvalue weighted by atomic mass is 16.2. The van der Waals surface area contributed by atoms with Crippen LogP contribution in [0.25, 0.3) is 0 Å². The molecule has 1 aromatic rings. The smallest absolute Gasteiger partial charge is 0.317 e. The second-order valence-corrected chi connectivity index (χ2v) is 6.17. The third kappa shape index (κ3) is 3.43. The molecule has 1 aliphatic heterocycles. The van der Waals surface area contributed by atoms with Crippen LogP contribution in [0.15, 0.2) is 12.1 Å². The third-order valence-electron chi connectivity index (χ3n) is 3.97. The van der Waals surface area contributed by atoms with Crippen molar-refractivity contribution >= 4 is 11.8 Å². The van der Waals surface area contributed by atoms with Gasteiger partial charge in [0.1, 0.15) is 0 Å². The number of rotatable bonds is 3. The fraction of sp³-hybridized carbons (Fsp3) is 0.667. The molecule has 1 aliphatic carbocycles. The van der Waals surface area contributed by atoms with E-state index in [0.717, 1.165) is 37.7 Å². The lowest BCUT2D eigenvalue weighted by Crippen LogP contribution is -2.53. The molecule has 0 atom stereocenters. The van der Waals surface area contributed by atoms with Crippen molar-refractivity contribution in [2.45, 2.75) is 38.6 Å². The number of hydrogen-bond acceptors (Lipinski definition) is 4. The molecule has 2 aliphatic rings. The molecule has 2 amide bonds. The Hall–Kier alpha value is -1.85. The van der Waals surface area contributed by atoms with Gasteiger partial charge in [-0.3, -0.25) is 0 Å². The second-order valence-electron chi connectivity index (χ2n) is 6.17. The summed E-state index contributed by atoms with van der Waals surface area (Å²) in [6, 6.07) is 4.36. The van der Waals surface area contributed by atoms with E-state index in [2.05, 4.69) is 32.5 Å². The Labute approximate surface area is 125 Å². The van der Waals surface area contributed by atoms with Crippen LogP contribution in [0, 0.1) is 0 Å². The van der Waals surface area contributed by atoms with Gasteiger partial charge in [0.05, 0.1) is 5.69 Å². The van der Waals surface area contributed by atoms with Gasteiger partial charge in [-0.15, -0.1) is 5.10 Å². The Morgan fingerprint density at radius 2 is 1.90 bits per heavy atom. The number of carbonyl (C=O) groups excluding carboxylic acids is 1. The van der Waals surface area contributed by atoms with Gasteiger partial charge in [0.2, 0.25) is 0 Å². The van der Waals surface area contributed by atoms with Gasteiger partial charge in [0, 0.05) is 38.1 Å². The van der Waals surface area contributed by atoms with Crippen LogP contribution < -0.4 is 10.2 Å². The summed E-state index contributed by atoms with van der Waals surface area (Å²) in [5, 5.41) is 11.6. The first kappa shape index (κ1) is 14.1. The van der Waals surface area contributed by atoms with Gasteiger partial charge in [-0.1, -0.05) is 0 Å². The molecule has 0 bridgehead atoms. The maximum atomic E-state index is 11.9. The van der Waals surface area contributed by atoms with Crippen LogP contribution in [0.3, 0.4) is 0 Å². The van der Waals surface area contributed by atoms with Crippen LogP contribution in [0.2, 0.25) is 0 Å². The van der Waals surface area contributed by atoms with Crippen LogP contribution >= 0.6 is 0 Å². The molecule has 1 aromatic heterocycles. The molecule has 21 heavy (non-hydrogen) atoms. The van der Waals surface area contributed by atoms with E-state index in [9.17, 15) is 4.79 Å². The minimum absolute atomic E-state index is 0.0276. The van der Waals surface area contributed by atoms with Crippen LogP contribution in [0.1, 0.15) is 38.3 Å². The normalized spacial score (nSPS) is 19.0. The van der Waals surface area contributed by atoms with E-state index in [1.165, 1.54) is 12.8 Å². The number of aromatic nitrogens is 2. The quantitative estimate of drug-likeness (QED) is 0.918. The van der Waals surface area contributed by atoms with Crippen LogP contribution in [0.4, 0.5) is 10.6 Å². The predicted molar refractivity (Wildman–Crippen MR) is 81.5 cm³/mol. The molecule has 0 aromatic carbocycles. The van der Waals surface area contributed by atoms with Crippen molar-refractivity contribution < 1.29 is 4.79 Å². The predicted octanol–water partition coefficient (Wildman–Crippen LogP) is 1.59. The van der Waals surface area contributed by atoms with E-state index in [1.54, 1.807) is 0 Å². The molecule has 1 saturated heterocycles. The molecule has 0 spiro atoms. The number of amides is 2. The average molecular weight is 289 g/mol. The van der Waals surface area contributed by atoms with Crippen LogP contribution in [0.5, 0.6) is 0 Å². The molecule has 2 fully saturated rings. The number of urea groups is 1. The molecular weight excluding hydrogens is 266 g/mol. The molecule has 0 unspecified atom stereocenters. The summed E-state index contributed by atoms with van der Waals surface area (Å²) >= 11 is 0.